The maximum atomic E-state index is 12.6. The number of nitrogens with zero attached hydrogens (tertiary/aromatic N) is 2. The van der Waals surface area contributed by atoms with Gasteiger partial charge in [-0.15, -0.1) is 11.3 Å². The Morgan fingerprint density at radius 1 is 1.55 bits per heavy atom. The zero-order valence-electron chi connectivity index (χ0n) is 11.9. The Labute approximate surface area is 122 Å². The molecule has 1 amide bonds. The SMILES string of the molecule is Cc1nc(C)c(C(=O)N2CC[C@H](O)[C@]3(CCCO3)C2)s1. The third-order valence-electron chi connectivity index (χ3n) is 4.26. The second kappa shape index (κ2) is 5.09. The number of aliphatic hydroxyl groups is 1. The number of carbonyl (C=O) groups is 1. The summed E-state index contributed by atoms with van der Waals surface area (Å²) < 4.78 is 5.79. The first kappa shape index (κ1) is 14.0. The van der Waals surface area contributed by atoms with E-state index < -0.39 is 11.7 Å². The number of aryl methyl sites for hydroxylation is 2. The molecule has 1 spiro atoms. The largest absolute Gasteiger partial charge is 0.390 e. The van der Waals surface area contributed by atoms with Crippen LogP contribution < -0.4 is 0 Å². The quantitative estimate of drug-likeness (QED) is 0.853. The maximum absolute atomic E-state index is 12.6. The third-order valence-corrected chi connectivity index (χ3v) is 5.32. The standard InChI is InChI=1S/C14H20N2O3S/c1-9-12(20-10(2)15-9)13(18)16-6-4-11(17)14(8-16)5-3-7-19-14/h11,17H,3-8H2,1-2H3/t11-,14-/m0/s1. The molecule has 110 valence electrons. The van der Waals surface area contributed by atoms with Gasteiger partial charge in [-0.3, -0.25) is 4.79 Å². The first-order chi connectivity index (χ1) is 9.52. The van der Waals surface area contributed by atoms with Crippen LogP contribution in [0.5, 0.6) is 0 Å². The highest BCUT2D eigenvalue weighted by Gasteiger charge is 2.47. The van der Waals surface area contributed by atoms with Gasteiger partial charge in [0.25, 0.3) is 5.91 Å². The number of aromatic nitrogens is 1. The van der Waals surface area contributed by atoms with E-state index in [2.05, 4.69) is 4.98 Å². The highest BCUT2D eigenvalue weighted by molar-refractivity contribution is 7.13. The van der Waals surface area contributed by atoms with Crippen molar-refractivity contribution >= 4 is 17.2 Å². The molecule has 0 radical (unpaired) electrons. The van der Waals surface area contributed by atoms with E-state index in [1.54, 1.807) is 0 Å². The van der Waals surface area contributed by atoms with Gasteiger partial charge in [0.05, 0.1) is 23.4 Å². The Kier molecular flexibility index (Phi) is 3.56. The van der Waals surface area contributed by atoms with E-state index in [-0.39, 0.29) is 5.91 Å². The second-order valence-corrected chi connectivity index (χ2v) is 6.90. The molecular weight excluding hydrogens is 276 g/mol. The van der Waals surface area contributed by atoms with Crippen molar-refractivity contribution in [3.63, 3.8) is 0 Å². The fourth-order valence-electron chi connectivity index (χ4n) is 3.20. The molecule has 2 saturated heterocycles. The number of ether oxygens (including phenoxy) is 1. The number of rotatable bonds is 1. The molecule has 2 aliphatic heterocycles. The molecule has 2 aliphatic rings. The zero-order chi connectivity index (χ0) is 14.3. The first-order valence-electron chi connectivity index (χ1n) is 7.07. The Balaban J connectivity index is 1.81. The van der Waals surface area contributed by atoms with E-state index in [0.717, 1.165) is 23.5 Å². The summed E-state index contributed by atoms with van der Waals surface area (Å²) in [5.41, 5.74) is 0.256. The van der Waals surface area contributed by atoms with Gasteiger partial charge in [-0.2, -0.15) is 0 Å². The number of thiazole rings is 1. The summed E-state index contributed by atoms with van der Waals surface area (Å²) in [6.07, 6.45) is 1.91. The fraction of sp³-hybridized carbons (Fsp3) is 0.714. The van der Waals surface area contributed by atoms with Gasteiger partial charge in [0.15, 0.2) is 0 Å². The molecule has 0 saturated carbocycles. The van der Waals surface area contributed by atoms with Crippen LogP contribution in [0.15, 0.2) is 0 Å². The zero-order valence-corrected chi connectivity index (χ0v) is 12.7. The van der Waals surface area contributed by atoms with Crippen LogP contribution in [-0.4, -0.2) is 52.3 Å². The molecule has 1 aromatic rings. The summed E-state index contributed by atoms with van der Waals surface area (Å²) >= 11 is 1.44. The predicted molar refractivity (Wildman–Crippen MR) is 76.0 cm³/mol. The van der Waals surface area contributed by atoms with Crippen LogP contribution in [0, 0.1) is 13.8 Å². The summed E-state index contributed by atoms with van der Waals surface area (Å²) in [4.78, 5) is 19.5. The summed E-state index contributed by atoms with van der Waals surface area (Å²) in [5, 5.41) is 11.1. The molecule has 3 rings (SSSR count). The lowest BCUT2D eigenvalue weighted by atomic mass is 9.87. The van der Waals surface area contributed by atoms with Gasteiger partial charge in [-0.25, -0.2) is 4.98 Å². The molecule has 1 aromatic heterocycles. The highest BCUT2D eigenvalue weighted by Crippen LogP contribution is 2.35. The molecule has 2 fully saturated rings. The van der Waals surface area contributed by atoms with Gasteiger partial charge in [-0.1, -0.05) is 0 Å². The van der Waals surface area contributed by atoms with Crippen molar-refractivity contribution in [2.45, 2.75) is 44.8 Å². The van der Waals surface area contributed by atoms with Crippen molar-refractivity contribution in [2.75, 3.05) is 19.7 Å². The Morgan fingerprint density at radius 2 is 2.35 bits per heavy atom. The minimum absolute atomic E-state index is 0.0230. The molecule has 2 atom stereocenters. The number of likely N-dealkylation sites (tertiary alicyclic amines) is 1. The normalized spacial score (nSPS) is 30.1. The molecular formula is C14H20N2O3S. The molecule has 5 nitrogen and oxygen atoms in total. The molecule has 3 heterocycles. The van der Waals surface area contributed by atoms with Crippen molar-refractivity contribution in [3.05, 3.63) is 15.6 Å². The van der Waals surface area contributed by atoms with Crippen LogP contribution in [0.1, 0.15) is 39.6 Å². The molecule has 0 unspecified atom stereocenters. The maximum Gasteiger partial charge on any atom is 0.265 e. The van der Waals surface area contributed by atoms with Crippen LogP contribution in [-0.2, 0) is 4.74 Å². The lowest BCUT2D eigenvalue weighted by Crippen LogP contribution is -2.57. The Morgan fingerprint density at radius 3 is 2.95 bits per heavy atom. The number of hydrogen-bond donors (Lipinski definition) is 1. The molecule has 20 heavy (non-hydrogen) atoms. The highest BCUT2D eigenvalue weighted by atomic mass is 32.1. The molecule has 0 bridgehead atoms. The van der Waals surface area contributed by atoms with E-state index in [4.69, 9.17) is 4.74 Å². The summed E-state index contributed by atoms with van der Waals surface area (Å²) in [5.74, 6) is 0.0230. The van der Waals surface area contributed by atoms with E-state index in [9.17, 15) is 9.90 Å². The number of piperidine rings is 1. The van der Waals surface area contributed by atoms with Crippen LogP contribution >= 0.6 is 11.3 Å². The topological polar surface area (TPSA) is 62.7 Å². The smallest absolute Gasteiger partial charge is 0.265 e. The van der Waals surface area contributed by atoms with Crippen molar-refractivity contribution in [1.82, 2.24) is 9.88 Å². The lowest BCUT2D eigenvalue weighted by molar-refractivity contribution is -0.124. The van der Waals surface area contributed by atoms with E-state index in [1.807, 2.05) is 18.7 Å². The lowest BCUT2D eigenvalue weighted by Gasteiger charge is -2.43. The van der Waals surface area contributed by atoms with E-state index in [0.29, 0.717) is 31.0 Å². The van der Waals surface area contributed by atoms with Gasteiger partial charge in [0.1, 0.15) is 10.5 Å². The van der Waals surface area contributed by atoms with Crippen LogP contribution in [0.2, 0.25) is 0 Å². The number of carbonyl (C=O) groups excluding carboxylic acids is 1. The van der Waals surface area contributed by atoms with Gasteiger partial charge >= 0.3 is 0 Å². The number of hydrogen-bond acceptors (Lipinski definition) is 5. The minimum Gasteiger partial charge on any atom is -0.390 e. The molecule has 1 N–H and O–H groups in total. The number of aliphatic hydroxyl groups excluding tert-OH is 1. The van der Waals surface area contributed by atoms with Gasteiger partial charge in [0.2, 0.25) is 0 Å². The second-order valence-electron chi connectivity index (χ2n) is 5.70. The Bertz CT molecular complexity index is 522. The number of amides is 1. The molecule has 0 aliphatic carbocycles. The van der Waals surface area contributed by atoms with Crippen molar-refractivity contribution in [2.24, 2.45) is 0 Å². The summed E-state index contributed by atoms with van der Waals surface area (Å²) in [6, 6.07) is 0. The average molecular weight is 296 g/mol. The van der Waals surface area contributed by atoms with Crippen molar-refractivity contribution < 1.29 is 14.6 Å². The minimum atomic E-state index is -0.540. The van der Waals surface area contributed by atoms with Crippen molar-refractivity contribution in [1.29, 1.82) is 0 Å². The monoisotopic (exact) mass is 296 g/mol. The summed E-state index contributed by atoms with van der Waals surface area (Å²) in [6.45, 7) is 5.54. The first-order valence-corrected chi connectivity index (χ1v) is 7.89. The van der Waals surface area contributed by atoms with E-state index in [1.165, 1.54) is 11.3 Å². The fourth-order valence-corrected chi connectivity index (χ4v) is 4.09. The van der Waals surface area contributed by atoms with Crippen LogP contribution in [0.3, 0.4) is 0 Å². The van der Waals surface area contributed by atoms with Gasteiger partial charge in [-0.05, 0) is 33.1 Å². The van der Waals surface area contributed by atoms with E-state index >= 15 is 0 Å². The van der Waals surface area contributed by atoms with Crippen molar-refractivity contribution in [3.8, 4) is 0 Å². The summed E-state index contributed by atoms with van der Waals surface area (Å²) in [7, 11) is 0. The van der Waals surface area contributed by atoms with Gasteiger partial charge in [0, 0.05) is 13.2 Å². The average Bonchev–Trinajstić information content (AvgIpc) is 3.00. The predicted octanol–water partition coefficient (Wildman–Crippen LogP) is 1.52. The molecule has 0 aromatic carbocycles. The third kappa shape index (κ3) is 2.25. The molecule has 6 heteroatoms. The van der Waals surface area contributed by atoms with Crippen LogP contribution in [0.25, 0.3) is 0 Å². The van der Waals surface area contributed by atoms with Crippen LogP contribution in [0.4, 0.5) is 0 Å². The van der Waals surface area contributed by atoms with Gasteiger partial charge < -0.3 is 14.7 Å². The Hall–Kier alpha value is -0.980.